The lowest BCUT2D eigenvalue weighted by molar-refractivity contribution is -0.135. The van der Waals surface area contributed by atoms with E-state index in [4.69, 9.17) is 4.52 Å². The van der Waals surface area contributed by atoms with Crippen LogP contribution in [0.5, 0.6) is 0 Å². The highest BCUT2D eigenvalue weighted by molar-refractivity contribution is 5.94. The fraction of sp³-hybridized carbons (Fsp3) is 0.625. The Morgan fingerprint density at radius 3 is 3.00 bits per heavy atom. The van der Waals surface area contributed by atoms with E-state index in [2.05, 4.69) is 15.7 Å². The summed E-state index contributed by atoms with van der Waals surface area (Å²) >= 11 is 0. The minimum Gasteiger partial charge on any atom is -0.361 e. The summed E-state index contributed by atoms with van der Waals surface area (Å²) in [7, 11) is 0. The number of likely N-dealkylation sites (tertiary alicyclic amines) is 1. The second-order valence-electron chi connectivity index (χ2n) is 6.17. The summed E-state index contributed by atoms with van der Waals surface area (Å²) in [4.78, 5) is 25.6. The number of hydrogen-bond donors (Lipinski definition) is 1. The van der Waals surface area contributed by atoms with Gasteiger partial charge in [-0.05, 0) is 39.0 Å². The molecule has 2 amide bonds. The first-order valence-corrected chi connectivity index (χ1v) is 8.20. The highest BCUT2D eigenvalue weighted by Crippen LogP contribution is 2.31. The molecule has 1 aromatic heterocycles. The van der Waals surface area contributed by atoms with Crippen LogP contribution in [0.4, 0.5) is 0 Å². The number of hydrogen-bond acceptors (Lipinski definition) is 5. The predicted molar refractivity (Wildman–Crippen MR) is 83.6 cm³/mol. The molecule has 0 aliphatic carbocycles. The molecule has 1 aromatic rings. The molecule has 0 radical (unpaired) electrons. The van der Waals surface area contributed by atoms with E-state index >= 15 is 0 Å². The second kappa shape index (κ2) is 6.93. The molecule has 124 valence electrons. The van der Waals surface area contributed by atoms with Crippen molar-refractivity contribution in [3.8, 4) is 0 Å². The van der Waals surface area contributed by atoms with Crippen molar-refractivity contribution in [2.24, 2.45) is 5.10 Å². The summed E-state index contributed by atoms with van der Waals surface area (Å²) in [5.41, 5.74) is 4.21. The lowest BCUT2D eigenvalue weighted by Gasteiger charge is -2.34. The van der Waals surface area contributed by atoms with Crippen molar-refractivity contribution >= 4 is 17.5 Å². The summed E-state index contributed by atoms with van der Waals surface area (Å²) in [6.07, 6.45) is 5.16. The Morgan fingerprint density at radius 2 is 2.30 bits per heavy atom. The van der Waals surface area contributed by atoms with Gasteiger partial charge in [-0.2, -0.15) is 5.10 Å². The zero-order valence-electron chi connectivity index (χ0n) is 13.4. The summed E-state index contributed by atoms with van der Waals surface area (Å²) < 4.78 is 5.16. The quantitative estimate of drug-likeness (QED) is 0.920. The first-order chi connectivity index (χ1) is 11.1. The zero-order valence-corrected chi connectivity index (χ0v) is 13.4. The molecule has 0 saturated carbocycles. The van der Waals surface area contributed by atoms with Crippen molar-refractivity contribution in [1.29, 1.82) is 0 Å². The van der Waals surface area contributed by atoms with Gasteiger partial charge in [0.15, 0.2) is 0 Å². The number of hydrazone groups is 1. The molecule has 3 rings (SSSR count). The average Bonchev–Trinajstić information content (AvgIpc) is 3.00. The number of nitrogens with one attached hydrogen (secondary N) is 1. The molecular formula is C16H22N4O3. The SMILES string of the molecule is Cc1cc(C2CCCCN2C(=O)CCC2=NNC(=O)CC2)no1. The lowest BCUT2D eigenvalue weighted by Crippen LogP contribution is -2.39. The molecule has 1 saturated heterocycles. The summed E-state index contributed by atoms with van der Waals surface area (Å²) in [5.74, 6) is 0.831. The molecule has 1 N–H and O–H groups in total. The molecule has 0 spiro atoms. The Bertz CT molecular complexity index is 623. The van der Waals surface area contributed by atoms with Gasteiger partial charge in [-0.3, -0.25) is 9.59 Å². The van der Waals surface area contributed by atoms with Crippen molar-refractivity contribution < 1.29 is 14.1 Å². The van der Waals surface area contributed by atoms with Crippen LogP contribution < -0.4 is 5.43 Å². The van der Waals surface area contributed by atoms with Crippen LogP contribution in [0, 0.1) is 6.92 Å². The van der Waals surface area contributed by atoms with E-state index in [1.165, 1.54) is 0 Å². The molecule has 1 unspecified atom stereocenters. The van der Waals surface area contributed by atoms with Gasteiger partial charge in [0.05, 0.1) is 6.04 Å². The standard InChI is InChI=1S/C16H22N4O3/c1-11-10-13(19-23-11)14-4-2-3-9-20(14)16(22)8-6-12-5-7-15(21)18-17-12/h10,14H,2-9H2,1H3,(H,18,21). The van der Waals surface area contributed by atoms with E-state index in [1.54, 1.807) is 0 Å². The zero-order chi connectivity index (χ0) is 16.2. The van der Waals surface area contributed by atoms with Gasteiger partial charge in [-0.25, -0.2) is 5.43 Å². The van der Waals surface area contributed by atoms with Crippen LogP contribution in [0.2, 0.25) is 0 Å². The minimum atomic E-state index is -0.0578. The van der Waals surface area contributed by atoms with E-state index in [9.17, 15) is 9.59 Å². The molecule has 3 heterocycles. The van der Waals surface area contributed by atoms with E-state index in [1.807, 2.05) is 17.9 Å². The summed E-state index contributed by atoms with van der Waals surface area (Å²) in [6.45, 7) is 2.62. The van der Waals surface area contributed by atoms with Gasteiger partial charge >= 0.3 is 0 Å². The maximum Gasteiger partial charge on any atom is 0.240 e. The van der Waals surface area contributed by atoms with Crippen molar-refractivity contribution in [2.75, 3.05) is 6.54 Å². The largest absolute Gasteiger partial charge is 0.361 e. The van der Waals surface area contributed by atoms with Crippen molar-refractivity contribution in [1.82, 2.24) is 15.5 Å². The van der Waals surface area contributed by atoms with E-state index < -0.39 is 0 Å². The number of carbonyl (C=O) groups excluding carboxylic acids is 2. The monoisotopic (exact) mass is 318 g/mol. The normalized spacial score (nSPS) is 21.8. The van der Waals surface area contributed by atoms with Crippen LogP contribution in [0.3, 0.4) is 0 Å². The number of rotatable bonds is 4. The van der Waals surface area contributed by atoms with E-state index in [0.717, 1.165) is 43.0 Å². The Labute approximate surface area is 135 Å². The highest BCUT2D eigenvalue weighted by atomic mass is 16.5. The number of aromatic nitrogens is 1. The number of piperidine rings is 1. The van der Waals surface area contributed by atoms with Crippen molar-refractivity contribution in [3.05, 3.63) is 17.5 Å². The molecule has 0 aromatic carbocycles. The van der Waals surface area contributed by atoms with Gasteiger partial charge in [0, 0.05) is 31.2 Å². The molecular weight excluding hydrogens is 296 g/mol. The maximum absolute atomic E-state index is 12.6. The first-order valence-electron chi connectivity index (χ1n) is 8.20. The Kier molecular flexibility index (Phi) is 4.73. The molecule has 1 atom stereocenters. The number of amides is 2. The first kappa shape index (κ1) is 15.7. The Balaban J connectivity index is 1.61. The number of aryl methyl sites for hydroxylation is 1. The average molecular weight is 318 g/mol. The van der Waals surface area contributed by atoms with Crippen LogP contribution in [0.15, 0.2) is 15.7 Å². The Hall–Kier alpha value is -2.18. The third-order valence-corrected chi connectivity index (χ3v) is 4.42. The van der Waals surface area contributed by atoms with Gasteiger partial charge in [0.1, 0.15) is 11.5 Å². The lowest BCUT2D eigenvalue weighted by atomic mass is 9.98. The van der Waals surface area contributed by atoms with Crippen LogP contribution in [0.25, 0.3) is 0 Å². The van der Waals surface area contributed by atoms with Gasteiger partial charge in [0.25, 0.3) is 0 Å². The smallest absolute Gasteiger partial charge is 0.240 e. The van der Waals surface area contributed by atoms with Crippen molar-refractivity contribution in [3.63, 3.8) is 0 Å². The van der Waals surface area contributed by atoms with E-state index in [-0.39, 0.29) is 17.9 Å². The topological polar surface area (TPSA) is 87.8 Å². The van der Waals surface area contributed by atoms with Crippen LogP contribution in [0.1, 0.15) is 62.4 Å². The van der Waals surface area contributed by atoms with Gasteiger partial charge < -0.3 is 9.42 Å². The fourth-order valence-corrected chi connectivity index (χ4v) is 3.17. The van der Waals surface area contributed by atoms with Gasteiger partial charge in [0.2, 0.25) is 11.8 Å². The summed E-state index contributed by atoms with van der Waals surface area (Å²) in [6, 6.07) is 1.93. The van der Waals surface area contributed by atoms with Crippen LogP contribution >= 0.6 is 0 Å². The highest BCUT2D eigenvalue weighted by Gasteiger charge is 2.30. The Morgan fingerprint density at radius 1 is 1.43 bits per heavy atom. The molecule has 1 fully saturated rings. The number of nitrogens with zero attached hydrogens (tertiary/aromatic N) is 3. The van der Waals surface area contributed by atoms with Crippen molar-refractivity contribution in [2.45, 2.75) is 57.9 Å². The van der Waals surface area contributed by atoms with Crippen LogP contribution in [-0.4, -0.2) is 34.1 Å². The van der Waals surface area contributed by atoms with Gasteiger partial charge in [-0.1, -0.05) is 5.16 Å². The predicted octanol–water partition coefficient (Wildman–Crippen LogP) is 2.08. The molecule has 7 heteroatoms. The van der Waals surface area contributed by atoms with E-state index in [0.29, 0.717) is 25.7 Å². The maximum atomic E-state index is 12.6. The fourth-order valence-electron chi connectivity index (χ4n) is 3.17. The molecule has 2 aliphatic rings. The molecule has 7 nitrogen and oxygen atoms in total. The molecule has 0 bridgehead atoms. The third-order valence-electron chi connectivity index (χ3n) is 4.42. The molecule has 23 heavy (non-hydrogen) atoms. The summed E-state index contributed by atoms with van der Waals surface area (Å²) in [5, 5.41) is 8.12. The third kappa shape index (κ3) is 3.78. The van der Waals surface area contributed by atoms with Gasteiger partial charge in [-0.15, -0.1) is 0 Å². The number of carbonyl (C=O) groups is 2. The van der Waals surface area contributed by atoms with Crippen LogP contribution in [-0.2, 0) is 9.59 Å². The molecule has 2 aliphatic heterocycles. The minimum absolute atomic E-state index is 0.0155. The second-order valence-corrected chi connectivity index (χ2v) is 6.17.